The van der Waals surface area contributed by atoms with Crippen molar-refractivity contribution in [2.24, 2.45) is 0 Å². The van der Waals surface area contributed by atoms with Crippen LogP contribution in [0, 0.1) is 0 Å². The Morgan fingerprint density at radius 2 is 1.96 bits per heavy atom. The molecule has 7 nitrogen and oxygen atoms in total. The van der Waals surface area contributed by atoms with Crippen LogP contribution in [0.5, 0.6) is 0 Å². The van der Waals surface area contributed by atoms with E-state index in [1.807, 2.05) is 24.4 Å². The number of hydrogen-bond donors (Lipinski definition) is 0. The van der Waals surface area contributed by atoms with E-state index in [1.165, 1.54) is 24.6 Å². The highest BCUT2D eigenvalue weighted by atomic mass is 32.2. The summed E-state index contributed by atoms with van der Waals surface area (Å²) < 4.78 is 7.68. The molecule has 8 heteroatoms. The molecule has 3 aromatic rings. The molecule has 1 aliphatic heterocycles. The molecule has 4 rings (SSSR count). The number of aromatic nitrogens is 5. The van der Waals surface area contributed by atoms with Gasteiger partial charge in [0.05, 0.1) is 12.8 Å². The molecule has 27 heavy (non-hydrogen) atoms. The Hall–Kier alpha value is -2.35. The standard InChI is InChI=1S/C19H24N6OS/c1-19(2,3)16-20-9-8-15(21-16)27-18-23-22-17(24-10-4-5-11-24)25(18)13-14-7-6-12-26-14/h6-9,12H,4-5,10-11,13H2,1-3H3. The van der Waals surface area contributed by atoms with Crippen molar-refractivity contribution >= 4 is 17.7 Å². The largest absolute Gasteiger partial charge is 0.467 e. The quantitative estimate of drug-likeness (QED) is 0.620. The Kier molecular flexibility index (Phi) is 4.90. The Labute approximate surface area is 163 Å². The summed E-state index contributed by atoms with van der Waals surface area (Å²) >= 11 is 1.52. The smallest absolute Gasteiger partial charge is 0.228 e. The van der Waals surface area contributed by atoms with Crippen molar-refractivity contribution in [3.63, 3.8) is 0 Å². The predicted octanol–water partition coefficient (Wildman–Crippen LogP) is 3.76. The van der Waals surface area contributed by atoms with Gasteiger partial charge in [0.15, 0.2) is 5.16 Å². The Morgan fingerprint density at radius 3 is 2.67 bits per heavy atom. The molecule has 3 aromatic heterocycles. The number of nitrogens with zero attached hydrogens (tertiary/aromatic N) is 6. The van der Waals surface area contributed by atoms with Gasteiger partial charge in [0.2, 0.25) is 5.95 Å². The van der Waals surface area contributed by atoms with Crippen LogP contribution in [0.25, 0.3) is 0 Å². The van der Waals surface area contributed by atoms with Gasteiger partial charge in [-0.2, -0.15) is 0 Å². The molecule has 0 saturated carbocycles. The van der Waals surface area contributed by atoms with E-state index in [0.717, 1.165) is 40.8 Å². The van der Waals surface area contributed by atoms with Crippen molar-refractivity contribution in [1.29, 1.82) is 0 Å². The minimum Gasteiger partial charge on any atom is -0.467 e. The molecule has 0 aromatic carbocycles. The first kappa shape index (κ1) is 18.0. The molecule has 1 aliphatic rings. The molecule has 0 N–H and O–H groups in total. The van der Waals surface area contributed by atoms with E-state index >= 15 is 0 Å². The Balaban J connectivity index is 1.66. The van der Waals surface area contributed by atoms with Crippen molar-refractivity contribution < 1.29 is 4.42 Å². The van der Waals surface area contributed by atoms with Crippen LogP contribution in [0.2, 0.25) is 0 Å². The van der Waals surface area contributed by atoms with Crippen LogP contribution in [0.15, 0.2) is 45.3 Å². The summed E-state index contributed by atoms with van der Waals surface area (Å²) in [6.45, 7) is 8.97. The first-order chi connectivity index (χ1) is 13.0. The second-order valence-electron chi connectivity index (χ2n) is 7.71. The van der Waals surface area contributed by atoms with Crippen LogP contribution in [-0.4, -0.2) is 37.8 Å². The Morgan fingerprint density at radius 1 is 1.15 bits per heavy atom. The summed E-state index contributed by atoms with van der Waals surface area (Å²) in [6, 6.07) is 5.80. The van der Waals surface area contributed by atoms with Crippen LogP contribution < -0.4 is 4.90 Å². The molecule has 4 heterocycles. The van der Waals surface area contributed by atoms with E-state index in [0.29, 0.717) is 6.54 Å². The van der Waals surface area contributed by atoms with Crippen LogP contribution >= 0.6 is 11.8 Å². The van der Waals surface area contributed by atoms with Gasteiger partial charge in [0.25, 0.3) is 0 Å². The lowest BCUT2D eigenvalue weighted by molar-refractivity contribution is 0.483. The molecular formula is C19H24N6OS. The second kappa shape index (κ2) is 7.34. The van der Waals surface area contributed by atoms with Crippen LogP contribution in [0.3, 0.4) is 0 Å². The average molecular weight is 385 g/mol. The summed E-state index contributed by atoms with van der Waals surface area (Å²) in [5, 5.41) is 10.6. The molecule has 0 unspecified atom stereocenters. The molecule has 0 aliphatic carbocycles. The van der Waals surface area contributed by atoms with Gasteiger partial charge >= 0.3 is 0 Å². The van der Waals surface area contributed by atoms with Gasteiger partial charge in [-0.1, -0.05) is 20.8 Å². The second-order valence-corrected chi connectivity index (χ2v) is 8.70. The van der Waals surface area contributed by atoms with Gasteiger partial charge < -0.3 is 9.32 Å². The maximum Gasteiger partial charge on any atom is 0.228 e. The summed E-state index contributed by atoms with van der Waals surface area (Å²) in [7, 11) is 0. The summed E-state index contributed by atoms with van der Waals surface area (Å²) in [4.78, 5) is 11.4. The van der Waals surface area contributed by atoms with Crippen LogP contribution in [0.1, 0.15) is 45.2 Å². The van der Waals surface area contributed by atoms with Crippen molar-refractivity contribution in [1.82, 2.24) is 24.7 Å². The summed E-state index contributed by atoms with van der Waals surface area (Å²) in [6.07, 6.45) is 5.89. The van der Waals surface area contributed by atoms with Crippen molar-refractivity contribution in [3.05, 3.63) is 42.2 Å². The SMILES string of the molecule is CC(C)(C)c1nccc(Sc2nnc(N3CCCC3)n2Cc2ccco2)n1. The van der Waals surface area contributed by atoms with E-state index in [4.69, 9.17) is 9.40 Å². The van der Waals surface area contributed by atoms with Gasteiger partial charge in [0.1, 0.15) is 16.6 Å². The molecule has 142 valence electrons. The Bertz CT molecular complexity index is 893. The van der Waals surface area contributed by atoms with Crippen molar-refractivity contribution in [3.8, 4) is 0 Å². The third-order valence-electron chi connectivity index (χ3n) is 4.48. The summed E-state index contributed by atoms with van der Waals surface area (Å²) in [5.41, 5.74) is -0.0981. The van der Waals surface area contributed by atoms with E-state index in [9.17, 15) is 0 Å². The highest BCUT2D eigenvalue weighted by Crippen LogP contribution is 2.30. The molecule has 0 radical (unpaired) electrons. The maximum atomic E-state index is 5.56. The van der Waals surface area contributed by atoms with E-state index in [-0.39, 0.29) is 5.41 Å². The fourth-order valence-corrected chi connectivity index (χ4v) is 3.84. The van der Waals surface area contributed by atoms with Gasteiger partial charge in [0, 0.05) is 24.7 Å². The van der Waals surface area contributed by atoms with Crippen molar-refractivity contribution in [2.75, 3.05) is 18.0 Å². The lowest BCUT2D eigenvalue weighted by Gasteiger charge is -2.18. The highest BCUT2D eigenvalue weighted by Gasteiger charge is 2.23. The van der Waals surface area contributed by atoms with E-state index < -0.39 is 0 Å². The zero-order chi connectivity index (χ0) is 18.9. The monoisotopic (exact) mass is 384 g/mol. The van der Waals surface area contributed by atoms with E-state index in [1.54, 1.807) is 6.26 Å². The lowest BCUT2D eigenvalue weighted by Crippen LogP contribution is -2.22. The minimum absolute atomic E-state index is 0.0981. The molecule has 0 spiro atoms. The topological polar surface area (TPSA) is 72.9 Å². The molecule has 0 atom stereocenters. The number of anilines is 1. The van der Waals surface area contributed by atoms with Gasteiger partial charge in [-0.3, -0.25) is 4.57 Å². The molecule has 1 saturated heterocycles. The zero-order valence-electron chi connectivity index (χ0n) is 15.9. The fraction of sp³-hybridized carbons (Fsp3) is 0.474. The van der Waals surface area contributed by atoms with Crippen LogP contribution in [0.4, 0.5) is 5.95 Å². The first-order valence-corrected chi connectivity index (χ1v) is 10.0. The third kappa shape index (κ3) is 4.00. The number of rotatable bonds is 5. The molecular weight excluding hydrogens is 360 g/mol. The highest BCUT2D eigenvalue weighted by molar-refractivity contribution is 7.99. The lowest BCUT2D eigenvalue weighted by atomic mass is 9.96. The zero-order valence-corrected chi connectivity index (χ0v) is 16.7. The summed E-state index contributed by atoms with van der Waals surface area (Å²) in [5.74, 6) is 2.61. The molecule has 1 fully saturated rings. The maximum absolute atomic E-state index is 5.56. The number of hydrogen-bond acceptors (Lipinski definition) is 7. The minimum atomic E-state index is -0.0981. The van der Waals surface area contributed by atoms with Crippen LogP contribution in [-0.2, 0) is 12.0 Å². The average Bonchev–Trinajstić information content (AvgIpc) is 3.38. The predicted molar refractivity (Wildman–Crippen MR) is 104 cm³/mol. The van der Waals surface area contributed by atoms with Gasteiger partial charge in [-0.15, -0.1) is 10.2 Å². The van der Waals surface area contributed by atoms with Gasteiger partial charge in [-0.25, -0.2) is 9.97 Å². The van der Waals surface area contributed by atoms with Crippen molar-refractivity contribution in [2.45, 2.75) is 55.8 Å². The fourth-order valence-electron chi connectivity index (χ4n) is 3.06. The normalized spacial score (nSPS) is 14.9. The van der Waals surface area contributed by atoms with Gasteiger partial charge in [-0.05, 0) is 42.8 Å². The first-order valence-electron chi connectivity index (χ1n) is 9.22. The molecule has 0 bridgehead atoms. The molecule has 0 amide bonds. The van der Waals surface area contributed by atoms with E-state index in [2.05, 4.69) is 45.4 Å². The number of furan rings is 1. The third-order valence-corrected chi connectivity index (χ3v) is 5.40.